The highest BCUT2D eigenvalue weighted by Crippen LogP contribution is 2.39. The first-order valence-electron chi connectivity index (χ1n) is 14.4. The molecule has 2 heterocycles. The van der Waals surface area contributed by atoms with Gasteiger partial charge in [-0.25, -0.2) is 19.2 Å². The van der Waals surface area contributed by atoms with Gasteiger partial charge in [0.1, 0.15) is 0 Å². The van der Waals surface area contributed by atoms with Crippen LogP contribution in [-0.2, 0) is 15.7 Å². The molecule has 0 spiro atoms. The fourth-order valence-electron chi connectivity index (χ4n) is 5.05. The van der Waals surface area contributed by atoms with Crippen molar-refractivity contribution < 1.29 is 41.8 Å². The molecule has 2 aliphatic heterocycles. The smallest absolute Gasteiger partial charge is 0.399 e. The Kier molecular flexibility index (Phi) is 9.11. The maximum Gasteiger partial charge on any atom is 0.417 e. The lowest BCUT2D eigenvalue weighted by atomic mass is 9.95. The molecule has 2 aliphatic rings. The Morgan fingerprint density at radius 2 is 0.816 bits per heavy atom. The molecule has 0 radical (unpaired) electrons. The van der Waals surface area contributed by atoms with Crippen molar-refractivity contribution in [3.63, 3.8) is 0 Å². The molecule has 0 unspecified atom stereocenters. The summed E-state index contributed by atoms with van der Waals surface area (Å²) in [4.78, 5) is 46.0. The van der Waals surface area contributed by atoms with Crippen LogP contribution in [0.1, 0.15) is 52.6 Å². The largest absolute Gasteiger partial charge is 0.417 e. The molecule has 0 saturated heterocycles. The van der Waals surface area contributed by atoms with E-state index in [9.17, 15) is 32.3 Å². The lowest BCUT2D eigenvalue weighted by Crippen LogP contribution is -2.08. The number of hydrogen-bond donors (Lipinski definition) is 4. The second-order valence-electron chi connectivity index (χ2n) is 10.9. The van der Waals surface area contributed by atoms with Crippen molar-refractivity contribution in [2.75, 3.05) is 22.9 Å². The van der Waals surface area contributed by atoms with Crippen LogP contribution in [0.25, 0.3) is 22.3 Å². The molecule has 0 aromatic heterocycles. The zero-order chi connectivity index (χ0) is 35.6. The molecular formula is C36H27F3N4O6. The van der Waals surface area contributed by atoms with Gasteiger partial charge in [0, 0.05) is 22.7 Å². The highest BCUT2D eigenvalue weighted by atomic mass is 19.4. The molecule has 248 valence electrons. The predicted molar refractivity (Wildman–Crippen MR) is 177 cm³/mol. The van der Waals surface area contributed by atoms with E-state index in [0.717, 1.165) is 17.4 Å². The van der Waals surface area contributed by atoms with Crippen LogP contribution in [0.3, 0.4) is 0 Å². The van der Waals surface area contributed by atoms with E-state index in [1.54, 1.807) is 61.5 Å². The zero-order valence-electron chi connectivity index (χ0n) is 25.6. The SMILES string of the molecule is Cc1cc(N)ccc1-c1ccc(N)cc1C(F)(F)F.Nc1ccc(N)cc1.O=C1OC(=O)c2cc(-c3ccc4c(c3)C(=O)OC4=O)ccc21. The predicted octanol–water partition coefficient (Wildman–Crippen LogP) is 6.67. The topological polar surface area (TPSA) is 191 Å². The summed E-state index contributed by atoms with van der Waals surface area (Å²) >= 11 is 0. The number of rotatable bonds is 2. The van der Waals surface area contributed by atoms with E-state index in [4.69, 9.17) is 22.9 Å². The normalized spacial score (nSPS) is 12.9. The zero-order valence-corrected chi connectivity index (χ0v) is 25.6. The average molecular weight is 669 g/mol. The fraction of sp³-hybridized carbons (Fsp3) is 0.0556. The van der Waals surface area contributed by atoms with Gasteiger partial charge in [-0.05, 0) is 108 Å². The molecule has 0 atom stereocenters. The summed E-state index contributed by atoms with van der Waals surface area (Å²) < 4.78 is 48.2. The van der Waals surface area contributed by atoms with Crippen molar-refractivity contribution in [1.29, 1.82) is 0 Å². The van der Waals surface area contributed by atoms with Crippen LogP contribution < -0.4 is 22.9 Å². The van der Waals surface area contributed by atoms with E-state index >= 15 is 0 Å². The van der Waals surface area contributed by atoms with E-state index in [1.165, 1.54) is 36.4 Å². The second-order valence-corrected chi connectivity index (χ2v) is 10.9. The average Bonchev–Trinajstić information content (AvgIpc) is 3.51. The number of hydrogen-bond acceptors (Lipinski definition) is 10. The first-order chi connectivity index (χ1) is 23.1. The van der Waals surface area contributed by atoms with Gasteiger partial charge in [-0.15, -0.1) is 0 Å². The molecule has 0 aliphatic carbocycles. The van der Waals surface area contributed by atoms with Gasteiger partial charge in [-0.1, -0.05) is 24.3 Å². The summed E-state index contributed by atoms with van der Waals surface area (Å²) in [5.41, 5.74) is 26.5. The van der Waals surface area contributed by atoms with Gasteiger partial charge in [-0.3, -0.25) is 0 Å². The summed E-state index contributed by atoms with van der Waals surface area (Å²) in [6.45, 7) is 1.72. The Labute approximate surface area is 277 Å². The molecule has 49 heavy (non-hydrogen) atoms. The van der Waals surface area contributed by atoms with Crippen molar-refractivity contribution in [2.45, 2.75) is 13.1 Å². The third-order valence-corrected chi connectivity index (χ3v) is 7.45. The van der Waals surface area contributed by atoms with Gasteiger partial charge in [0.25, 0.3) is 0 Å². The molecule has 0 saturated carbocycles. The van der Waals surface area contributed by atoms with Crippen molar-refractivity contribution in [2.24, 2.45) is 0 Å². The number of aryl methyl sites for hydroxylation is 1. The van der Waals surface area contributed by atoms with Gasteiger partial charge in [0.05, 0.1) is 27.8 Å². The third-order valence-electron chi connectivity index (χ3n) is 7.45. The minimum absolute atomic E-state index is 0.0872. The minimum atomic E-state index is -4.45. The lowest BCUT2D eigenvalue weighted by Gasteiger charge is -2.15. The van der Waals surface area contributed by atoms with Crippen molar-refractivity contribution in [1.82, 2.24) is 0 Å². The highest BCUT2D eigenvalue weighted by molar-refractivity contribution is 6.16. The van der Waals surface area contributed by atoms with Crippen molar-refractivity contribution in [3.05, 3.63) is 130 Å². The van der Waals surface area contributed by atoms with Crippen LogP contribution in [0, 0.1) is 6.92 Å². The van der Waals surface area contributed by atoms with Crippen molar-refractivity contribution in [3.8, 4) is 22.3 Å². The molecule has 10 nitrogen and oxygen atoms in total. The summed E-state index contributed by atoms with van der Waals surface area (Å²) in [5, 5.41) is 0. The van der Waals surface area contributed by atoms with E-state index in [0.29, 0.717) is 27.9 Å². The van der Waals surface area contributed by atoms with Crippen LogP contribution in [0.5, 0.6) is 0 Å². The number of alkyl halides is 3. The standard InChI is InChI=1S/C16H6O6.C14H13F3N2.C6H8N2/c17-13-9-3-1-7(5-11(9)15(19)21-13)8-2-4-10-12(6-8)16(20)22-14(10)18;1-8-6-9(18)2-4-11(8)12-5-3-10(19)7-13(12)14(15,16)17;7-5-1-2-6(8)4-3-5/h1-6H;2-7H,18-19H2,1H3;1-4H,7-8H2. The Balaban J connectivity index is 0.000000158. The van der Waals surface area contributed by atoms with Gasteiger partial charge in [-0.2, -0.15) is 13.2 Å². The Hall–Kier alpha value is -6.63. The number of nitrogens with two attached hydrogens (primary N) is 4. The number of esters is 4. The van der Waals surface area contributed by atoms with Crippen LogP contribution in [0.4, 0.5) is 35.9 Å². The summed E-state index contributed by atoms with van der Waals surface area (Å²) in [5.74, 6) is -2.74. The van der Waals surface area contributed by atoms with E-state index < -0.39 is 35.6 Å². The molecule has 0 bridgehead atoms. The maximum absolute atomic E-state index is 13.0. The van der Waals surface area contributed by atoms with Crippen molar-refractivity contribution >= 4 is 46.6 Å². The Morgan fingerprint density at radius 3 is 1.24 bits per heavy atom. The van der Waals surface area contributed by atoms with Gasteiger partial charge < -0.3 is 32.4 Å². The number of carbonyl (C=O) groups is 4. The summed E-state index contributed by atoms with van der Waals surface area (Å²) in [6.07, 6.45) is -4.45. The van der Waals surface area contributed by atoms with E-state index in [1.807, 2.05) is 0 Å². The Bertz CT molecular complexity index is 2050. The van der Waals surface area contributed by atoms with Gasteiger partial charge >= 0.3 is 30.1 Å². The number of nitrogen functional groups attached to an aromatic ring is 4. The number of halogens is 3. The molecule has 0 amide bonds. The van der Waals surface area contributed by atoms with Crippen LogP contribution in [0.15, 0.2) is 97.1 Å². The second kappa shape index (κ2) is 13.2. The van der Waals surface area contributed by atoms with Gasteiger partial charge in [0.15, 0.2) is 0 Å². The Morgan fingerprint density at radius 1 is 0.449 bits per heavy atom. The number of ether oxygens (including phenoxy) is 2. The molecule has 5 aromatic rings. The highest BCUT2D eigenvalue weighted by Gasteiger charge is 2.34. The summed E-state index contributed by atoms with van der Waals surface area (Å²) in [6, 6.07) is 25.0. The molecule has 13 heteroatoms. The number of cyclic esters (lactones) is 4. The van der Waals surface area contributed by atoms with Crippen LogP contribution in [0.2, 0.25) is 0 Å². The van der Waals surface area contributed by atoms with Crippen LogP contribution >= 0.6 is 0 Å². The van der Waals surface area contributed by atoms with E-state index in [2.05, 4.69) is 9.47 Å². The monoisotopic (exact) mass is 668 g/mol. The fourth-order valence-corrected chi connectivity index (χ4v) is 5.05. The number of carbonyl (C=O) groups excluding carboxylic acids is 4. The molecule has 5 aromatic carbocycles. The summed E-state index contributed by atoms with van der Waals surface area (Å²) in [7, 11) is 0. The molecule has 8 N–H and O–H groups in total. The third kappa shape index (κ3) is 7.36. The molecule has 0 fully saturated rings. The molecule has 7 rings (SSSR count). The minimum Gasteiger partial charge on any atom is -0.399 e. The first kappa shape index (κ1) is 33.7. The molecular weight excluding hydrogens is 641 g/mol. The van der Waals surface area contributed by atoms with Gasteiger partial charge in [0.2, 0.25) is 0 Å². The maximum atomic E-state index is 13.0. The number of anilines is 4. The lowest BCUT2D eigenvalue weighted by molar-refractivity contribution is -0.137. The van der Waals surface area contributed by atoms with E-state index in [-0.39, 0.29) is 33.5 Å². The first-order valence-corrected chi connectivity index (χ1v) is 14.4. The number of benzene rings is 5. The number of fused-ring (bicyclic) bond motifs is 2. The van der Waals surface area contributed by atoms with Crippen LogP contribution in [-0.4, -0.2) is 23.9 Å². The quantitative estimate of drug-likeness (QED) is 0.0897.